The molecule has 0 aromatic rings. The number of nitrogens with one attached hydrogen (secondary N) is 2. The molecule has 1 fully saturated rings. The van der Waals surface area contributed by atoms with Gasteiger partial charge in [-0.3, -0.25) is 5.43 Å². The Kier molecular flexibility index (Phi) is 2.03. The van der Waals surface area contributed by atoms with E-state index < -0.39 is 6.30 Å². The zero-order chi connectivity index (χ0) is 6.85. The summed E-state index contributed by atoms with van der Waals surface area (Å²) in [5, 5.41) is 0. The maximum atomic E-state index is 12.4. The van der Waals surface area contributed by atoms with Crippen molar-refractivity contribution < 1.29 is 4.39 Å². The molecule has 2 unspecified atom stereocenters. The van der Waals surface area contributed by atoms with E-state index in [0.717, 1.165) is 0 Å². The first-order valence-corrected chi connectivity index (χ1v) is 3.35. The van der Waals surface area contributed by atoms with Gasteiger partial charge in [-0.1, -0.05) is 13.8 Å². The standard InChI is InChI=1S/C6H13FN2/c1-4(2)5-3-6(7)9-8-5/h4-6,8-9H,3H2,1-2H3. The van der Waals surface area contributed by atoms with E-state index in [4.69, 9.17) is 0 Å². The smallest absolute Gasteiger partial charge is 0.164 e. The van der Waals surface area contributed by atoms with Crippen LogP contribution in [0.25, 0.3) is 0 Å². The van der Waals surface area contributed by atoms with Crippen LogP contribution in [-0.4, -0.2) is 12.3 Å². The molecule has 0 aliphatic carbocycles. The van der Waals surface area contributed by atoms with Gasteiger partial charge in [0.1, 0.15) is 0 Å². The molecule has 0 saturated carbocycles. The molecule has 2 atom stereocenters. The Morgan fingerprint density at radius 2 is 2.11 bits per heavy atom. The summed E-state index contributed by atoms with van der Waals surface area (Å²) in [7, 11) is 0. The highest BCUT2D eigenvalue weighted by molar-refractivity contribution is 4.77. The number of hydrazine groups is 1. The molecule has 3 heteroatoms. The molecule has 54 valence electrons. The molecule has 0 radical (unpaired) electrons. The van der Waals surface area contributed by atoms with Gasteiger partial charge in [0.2, 0.25) is 0 Å². The maximum Gasteiger partial charge on any atom is 0.164 e. The Bertz CT molecular complexity index is 95.1. The number of alkyl halides is 1. The van der Waals surface area contributed by atoms with Gasteiger partial charge in [-0.25, -0.2) is 9.82 Å². The van der Waals surface area contributed by atoms with Crippen LogP contribution in [-0.2, 0) is 0 Å². The van der Waals surface area contributed by atoms with Gasteiger partial charge in [-0.05, 0) is 5.92 Å². The summed E-state index contributed by atoms with van der Waals surface area (Å²) in [4.78, 5) is 0. The van der Waals surface area contributed by atoms with Crippen LogP contribution in [0.2, 0.25) is 0 Å². The van der Waals surface area contributed by atoms with Gasteiger partial charge in [0.15, 0.2) is 6.30 Å². The first-order valence-electron chi connectivity index (χ1n) is 3.35. The van der Waals surface area contributed by atoms with Gasteiger partial charge < -0.3 is 0 Å². The Labute approximate surface area is 54.8 Å². The molecule has 9 heavy (non-hydrogen) atoms. The van der Waals surface area contributed by atoms with Crippen molar-refractivity contribution in [1.82, 2.24) is 10.9 Å². The molecular formula is C6H13FN2. The molecule has 1 aliphatic heterocycles. The van der Waals surface area contributed by atoms with E-state index in [9.17, 15) is 4.39 Å². The predicted octanol–water partition coefficient (Wildman–Crippen LogP) is 0.804. The Morgan fingerprint density at radius 3 is 2.33 bits per heavy atom. The van der Waals surface area contributed by atoms with Gasteiger partial charge in [0.05, 0.1) is 0 Å². The normalized spacial score (nSPS) is 36.0. The molecule has 1 aliphatic rings. The van der Waals surface area contributed by atoms with Crippen LogP contribution in [0, 0.1) is 5.92 Å². The van der Waals surface area contributed by atoms with Crippen LogP contribution in [0.4, 0.5) is 4.39 Å². The largest absolute Gasteiger partial charge is 0.252 e. The van der Waals surface area contributed by atoms with E-state index in [1.54, 1.807) is 0 Å². The van der Waals surface area contributed by atoms with Gasteiger partial charge in [0.25, 0.3) is 0 Å². The Morgan fingerprint density at radius 1 is 1.44 bits per heavy atom. The summed E-state index contributed by atoms with van der Waals surface area (Å²) in [5.41, 5.74) is 5.42. The van der Waals surface area contributed by atoms with Gasteiger partial charge >= 0.3 is 0 Å². The van der Waals surface area contributed by atoms with Crippen molar-refractivity contribution in [3.8, 4) is 0 Å². The van der Waals surface area contributed by atoms with E-state index in [2.05, 4.69) is 24.7 Å². The van der Waals surface area contributed by atoms with Crippen molar-refractivity contribution in [2.24, 2.45) is 5.92 Å². The van der Waals surface area contributed by atoms with Gasteiger partial charge in [-0.15, -0.1) is 0 Å². The summed E-state index contributed by atoms with van der Waals surface area (Å²) in [6.07, 6.45) is -0.255. The molecule has 0 spiro atoms. The van der Waals surface area contributed by atoms with E-state index in [1.807, 2.05) is 0 Å². The third-order valence-corrected chi connectivity index (χ3v) is 1.69. The average Bonchev–Trinajstić information content (AvgIpc) is 2.14. The SMILES string of the molecule is CC(C)C1CC(F)NN1. The Balaban J connectivity index is 2.30. The minimum Gasteiger partial charge on any atom is -0.252 e. The fourth-order valence-electron chi connectivity index (χ4n) is 0.977. The lowest BCUT2D eigenvalue weighted by Gasteiger charge is -2.11. The van der Waals surface area contributed by atoms with Crippen molar-refractivity contribution in [2.45, 2.75) is 32.6 Å². The predicted molar refractivity (Wildman–Crippen MR) is 34.4 cm³/mol. The molecule has 0 aromatic heterocycles. The van der Waals surface area contributed by atoms with Crippen LogP contribution in [0.5, 0.6) is 0 Å². The van der Waals surface area contributed by atoms with Crippen LogP contribution in [0.3, 0.4) is 0 Å². The fraction of sp³-hybridized carbons (Fsp3) is 1.00. The van der Waals surface area contributed by atoms with Crippen LogP contribution < -0.4 is 10.9 Å². The minimum absolute atomic E-state index is 0.306. The molecule has 0 amide bonds. The van der Waals surface area contributed by atoms with E-state index in [-0.39, 0.29) is 0 Å². The molecule has 0 aromatic carbocycles. The lowest BCUT2D eigenvalue weighted by Crippen LogP contribution is -2.34. The molecule has 2 nitrogen and oxygen atoms in total. The lowest BCUT2D eigenvalue weighted by atomic mass is 10.0. The third-order valence-electron chi connectivity index (χ3n) is 1.69. The minimum atomic E-state index is -0.850. The second-order valence-corrected chi connectivity index (χ2v) is 2.84. The van der Waals surface area contributed by atoms with Gasteiger partial charge in [-0.2, -0.15) is 0 Å². The highest BCUT2D eigenvalue weighted by Crippen LogP contribution is 2.12. The summed E-state index contributed by atoms with van der Waals surface area (Å²) in [5.74, 6) is 0.512. The van der Waals surface area contributed by atoms with E-state index in [1.165, 1.54) is 0 Å². The van der Waals surface area contributed by atoms with E-state index in [0.29, 0.717) is 18.4 Å². The van der Waals surface area contributed by atoms with Crippen molar-refractivity contribution in [2.75, 3.05) is 0 Å². The number of rotatable bonds is 1. The van der Waals surface area contributed by atoms with E-state index >= 15 is 0 Å². The zero-order valence-electron chi connectivity index (χ0n) is 5.82. The molecule has 2 N–H and O–H groups in total. The number of hydrogen-bond donors (Lipinski definition) is 2. The fourth-order valence-corrected chi connectivity index (χ4v) is 0.977. The van der Waals surface area contributed by atoms with Crippen molar-refractivity contribution >= 4 is 0 Å². The third kappa shape index (κ3) is 1.63. The highest BCUT2D eigenvalue weighted by atomic mass is 19.1. The lowest BCUT2D eigenvalue weighted by molar-refractivity contribution is 0.297. The second-order valence-electron chi connectivity index (χ2n) is 2.84. The monoisotopic (exact) mass is 132 g/mol. The summed E-state index contributed by atoms with van der Waals surface area (Å²) >= 11 is 0. The quantitative estimate of drug-likeness (QED) is 0.516. The molecule has 1 saturated heterocycles. The van der Waals surface area contributed by atoms with Crippen molar-refractivity contribution in [1.29, 1.82) is 0 Å². The Hall–Kier alpha value is -0.150. The van der Waals surface area contributed by atoms with Crippen molar-refractivity contribution in [3.05, 3.63) is 0 Å². The van der Waals surface area contributed by atoms with Crippen LogP contribution in [0.1, 0.15) is 20.3 Å². The maximum absolute atomic E-state index is 12.4. The first kappa shape index (κ1) is 6.96. The molecule has 1 rings (SSSR count). The second kappa shape index (κ2) is 2.62. The molecule has 1 heterocycles. The number of hydrogen-bond acceptors (Lipinski definition) is 2. The summed E-state index contributed by atoms with van der Waals surface area (Å²) in [6, 6.07) is 0.306. The summed E-state index contributed by atoms with van der Waals surface area (Å²) in [6.45, 7) is 4.16. The average molecular weight is 132 g/mol. The van der Waals surface area contributed by atoms with Crippen molar-refractivity contribution in [3.63, 3.8) is 0 Å². The molecule has 0 bridgehead atoms. The van der Waals surface area contributed by atoms with Crippen LogP contribution >= 0.6 is 0 Å². The zero-order valence-corrected chi connectivity index (χ0v) is 5.82. The number of halogens is 1. The van der Waals surface area contributed by atoms with Crippen LogP contribution in [0.15, 0.2) is 0 Å². The van der Waals surface area contributed by atoms with Gasteiger partial charge in [0, 0.05) is 12.5 Å². The summed E-state index contributed by atoms with van der Waals surface area (Å²) < 4.78 is 12.4. The first-order chi connectivity index (χ1) is 4.20. The highest BCUT2D eigenvalue weighted by Gasteiger charge is 2.24. The molecular weight excluding hydrogens is 119 g/mol. The topological polar surface area (TPSA) is 24.1 Å².